The van der Waals surface area contributed by atoms with Gasteiger partial charge in [0.25, 0.3) is 0 Å². The summed E-state index contributed by atoms with van der Waals surface area (Å²) < 4.78 is 2.36. The van der Waals surface area contributed by atoms with Gasteiger partial charge >= 0.3 is 0 Å². The molecule has 2 aliphatic carbocycles. The Morgan fingerprint density at radius 3 is 2.19 bits per heavy atom. The molecule has 1 N–H and O–H groups in total. The van der Waals surface area contributed by atoms with Crippen LogP contribution in [0.5, 0.6) is 0 Å². The van der Waals surface area contributed by atoms with Gasteiger partial charge in [-0.3, -0.25) is 0 Å². The lowest BCUT2D eigenvalue weighted by Crippen LogP contribution is -2.16. The Labute approximate surface area is 247 Å². The van der Waals surface area contributed by atoms with Crippen LogP contribution in [0.3, 0.4) is 0 Å². The maximum Gasteiger partial charge on any atom is 0.0541 e. The minimum absolute atomic E-state index is 0.0142. The minimum atomic E-state index is -0.0142. The smallest absolute Gasteiger partial charge is 0.0541 e. The van der Waals surface area contributed by atoms with Crippen molar-refractivity contribution in [1.29, 1.82) is 0 Å². The van der Waals surface area contributed by atoms with Crippen LogP contribution < -0.4 is 5.32 Å². The first-order valence-electron chi connectivity index (χ1n) is 14.8. The highest BCUT2D eigenvalue weighted by atomic mass is 15.0. The lowest BCUT2D eigenvalue weighted by atomic mass is 9.81. The first-order chi connectivity index (χ1) is 20.6. The number of benzene rings is 5. The Bertz CT molecular complexity index is 2080. The standard InChI is InChI=1S/C40H32N2/c1-40(2)36-15-8-4-7-13-32(36)33-23-22-30(26-37(33)40)41-29-20-17-27(18-21-29)28-19-24-39-35(25-28)34-14-9-10-16-38(34)42(39)31-11-5-3-6-12-31/h3,5-26,41H,4H2,1-2H3. The van der Waals surface area contributed by atoms with E-state index in [1.54, 1.807) is 0 Å². The molecule has 2 aliphatic rings. The Hall–Kier alpha value is -5.08. The van der Waals surface area contributed by atoms with Crippen molar-refractivity contribution in [2.75, 3.05) is 5.32 Å². The number of para-hydroxylation sites is 2. The van der Waals surface area contributed by atoms with Crippen molar-refractivity contribution in [3.63, 3.8) is 0 Å². The SMILES string of the molecule is CC1(C)C2=C(C=CCC=C2)c2ccc(Nc3ccc(-c4ccc5c(c4)c4ccccc4n5-c4ccccc4)cc3)cc21. The van der Waals surface area contributed by atoms with Crippen molar-refractivity contribution in [2.45, 2.75) is 25.7 Å². The van der Waals surface area contributed by atoms with Gasteiger partial charge in [-0.25, -0.2) is 0 Å². The highest BCUT2D eigenvalue weighted by Gasteiger charge is 2.36. The third kappa shape index (κ3) is 3.87. The molecule has 0 atom stereocenters. The van der Waals surface area contributed by atoms with Gasteiger partial charge in [-0.2, -0.15) is 0 Å². The summed E-state index contributed by atoms with van der Waals surface area (Å²) in [4.78, 5) is 0. The van der Waals surface area contributed by atoms with Gasteiger partial charge < -0.3 is 9.88 Å². The highest BCUT2D eigenvalue weighted by molar-refractivity contribution is 6.10. The Morgan fingerprint density at radius 2 is 1.33 bits per heavy atom. The van der Waals surface area contributed by atoms with Crippen LogP contribution in [0, 0.1) is 0 Å². The molecule has 0 saturated carbocycles. The minimum Gasteiger partial charge on any atom is -0.356 e. The van der Waals surface area contributed by atoms with Gasteiger partial charge in [-0.1, -0.05) is 98.8 Å². The summed E-state index contributed by atoms with van der Waals surface area (Å²) in [5, 5.41) is 6.20. The van der Waals surface area contributed by atoms with Crippen molar-refractivity contribution in [2.24, 2.45) is 0 Å². The van der Waals surface area contributed by atoms with Gasteiger partial charge in [0.15, 0.2) is 0 Å². The number of nitrogens with zero attached hydrogens (tertiary/aromatic N) is 1. The summed E-state index contributed by atoms with van der Waals surface area (Å²) in [7, 11) is 0. The van der Waals surface area contributed by atoms with E-state index in [4.69, 9.17) is 0 Å². The number of hydrogen-bond acceptors (Lipinski definition) is 1. The van der Waals surface area contributed by atoms with Gasteiger partial charge in [0.1, 0.15) is 0 Å². The van der Waals surface area contributed by atoms with Crippen molar-refractivity contribution in [3.05, 3.63) is 156 Å². The van der Waals surface area contributed by atoms with Crippen LogP contribution in [-0.2, 0) is 5.41 Å². The zero-order valence-corrected chi connectivity index (χ0v) is 23.9. The number of hydrogen-bond donors (Lipinski definition) is 1. The van der Waals surface area contributed by atoms with Gasteiger partial charge in [0.2, 0.25) is 0 Å². The van der Waals surface area contributed by atoms with E-state index in [0.717, 1.165) is 17.8 Å². The first kappa shape index (κ1) is 24.7. The average Bonchev–Trinajstić information content (AvgIpc) is 3.29. The number of allylic oxidation sites excluding steroid dienone is 6. The van der Waals surface area contributed by atoms with Crippen LogP contribution >= 0.6 is 0 Å². The molecule has 0 fully saturated rings. The van der Waals surface area contributed by atoms with Gasteiger partial charge in [0, 0.05) is 33.2 Å². The molecular weight excluding hydrogens is 508 g/mol. The van der Waals surface area contributed by atoms with Crippen LogP contribution in [0.2, 0.25) is 0 Å². The molecule has 0 amide bonds. The molecule has 0 aliphatic heterocycles. The Morgan fingerprint density at radius 1 is 0.619 bits per heavy atom. The molecule has 42 heavy (non-hydrogen) atoms. The van der Waals surface area contributed by atoms with E-state index in [9.17, 15) is 0 Å². The van der Waals surface area contributed by atoms with E-state index in [0.29, 0.717) is 0 Å². The van der Waals surface area contributed by atoms with Gasteiger partial charge in [-0.05, 0) is 94.4 Å². The molecule has 0 spiro atoms. The fourth-order valence-corrected chi connectivity index (χ4v) is 6.85. The zero-order valence-electron chi connectivity index (χ0n) is 23.9. The summed E-state index contributed by atoms with van der Waals surface area (Å²) in [6.45, 7) is 4.68. The molecule has 0 saturated heterocycles. The van der Waals surface area contributed by atoms with Crippen LogP contribution in [0.4, 0.5) is 11.4 Å². The van der Waals surface area contributed by atoms with E-state index in [2.05, 4.69) is 163 Å². The van der Waals surface area contributed by atoms with E-state index in [1.807, 2.05) is 0 Å². The number of fused-ring (bicyclic) bond motifs is 5. The van der Waals surface area contributed by atoms with Crippen LogP contribution in [0.15, 0.2) is 145 Å². The van der Waals surface area contributed by atoms with Crippen LogP contribution in [0.25, 0.3) is 44.2 Å². The normalized spacial score (nSPS) is 15.2. The predicted octanol–water partition coefficient (Wildman–Crippen LogP) is 10.8. The molecule has 2 heteroatoms. The fraction of sp³-hybridized carbons (Fsp3) is 0.100. The Kier molecular flexibility index (Phi) is 5.58. The summed E-state index contributed by atoms with van der Waals surface area (Å²) >= 11 is 0. The number of aromatic nitrogens is 1. The lowest BCUT2D eigenvalue weighted by Gasteiger charge is -2.23. The average molecular weight is 541 g/mol. The van der Waals surface area contributed by atoms with Crippen LogP contribution in [-0.4, -0.2) is 4.57 Å². The predicted molar refractivity (Wildman–Crippen MR) is 179 cm³/mol. The summed E-state index contributed by atoms with van der Waals surface area (Å²) in [5.41, 5.74) is 13.8. The number of rotatable bonds is 4. The first-order valence-corrected chi connectivity index (χ1v) is 14.8. The van der Waals surface area contributed by atoms with Crippen molar-refractivity contribution >= 4 is 38.8 Å². The van der Waals surface area contributed by atoms with E-state index >= 15 is 0 Å². The summed E-state index contributed by atoms with van der Waals surface area (Å²) in [5.74, 6) is 0. The van der Waals surface area contributed by atoms with Gasteiger partial charge in [-0.15, -0.1) is 0 Å². The maximum absolute atomic E-state index is 3.66. The molecule has 2 nitrogen and oxygen atoms in total. The molecule has 0 radical (unpaired) electrons. The quantitative estimate of drug-likeness (QED) is 0.235. The molecule has 6 aromatic rings. The molecule has 0 unspecified atom stereocenters. The van der Waals surface area contributed by atoms with E-state index in [1.165, 1.54) is 60.9 Å². The lowest BCUT2D eigenvalue weighted by molar-refractivity contribution is 0.654. The summed E-state index contributed by atoms with van der Waals surface area (Å²) in [6.07, 6.45) is 10.1. The van der Waals surface area contributed by atoms with E-state index in [-0.39, 0.29) is 5.41 Å². The second-order valence-electron chi connectivity index (χ2n) is 11.9. The second-order valence-corrected chi connectivity index (χ2v) is 11.9. The van der Waals surface area contributed by atoms with Crippen molar-refractivity contribution in [3.8, 4) is 16.8 Å². The summed E-state index contributed by atoms with van der Waals surface area (Å²) in [6, 6.07) is 41.8. The monoisotopic (exact) mass is 540 g/mol. The topological polar surface area (TPSA) is 17.0 Å². The third-order valence-corrected chi connectivity index (χ3v) is 8.98. The molecule has 5 aromatic carbocycles. The third-order valence-electron chi connectivity index (χ3n) is 8.98. The Balaban J connectivity index is 1.11. The van der Waals surface area contributed by atoms with Gasteiger partial charge in [0.05, 0.1) is 11.0 Å². The molecule has 202 valence electrons. The number of nitrogens with one attached hydrogen (secondary N) is 1. The molecule has 0 bridgehead atoms. The second kappa shape index (κ2) is 9.49. The molecular formula is C40H32N2. The molecule has 1 aromatic heterocycles. The van der Waals surface area contributed by atoms with Crippen molar-refractivity contribution < 1.29 is 0 Å². The largest absolute Gasteiger partial charge is 0.356 e. The number of anilines is 2. The zero-order chi connectivity index (χ0) is 28.3. The fourth-order valence-electron chi connectivity index (χ4n) is 6.85. The van der Waals surface area contributed by atoms with E-state index < -0.39 is 0 Å². The maximum atomic E-state index is 3.66. The molecule has 1 heterocycles. The molecule has 8 rings (SSSR count). The van der Waals surface area contributed by atoms with Crippen LogP contribution in [0.1, 0.15) is 31.4 Å². The highest BCUT2D eigenvalue weighted by Crippen LogP contribution is 2.49. The van der Waals surface area contributed by atoms with Crippen molar-refractivity contribution in [1.82, 2.24) is 4.57 Å².